The Bertz CT molecular complexity index is 652. The van der Waals surface area contributed by atoms with E-state index in [4.69, 9.17) is 14.2 Å². The predicted octanol–water partition coefficient (Wildman–Crippen LogP) is -0.431. The standard InChI is InChI=1S/C15H20N2O6/c1-3-7-21-12-10(9-18)23-14(13(12)22-8-4-2)17-6-5-11(19)16-15(17)20/h3-6,10,12-14,18H,1-2,7-9H2,(H,16,19,20)/t10-,12-,13-,14-/m1/s1. The van der Waals surface area contributed by atoms with Gasteiger partial charge in [-0.15, -0.1) is 13.2 Å². The molecule has 0 saturated carbocycles. The van der Waals surface area contributed by atoms with Crippen molar-refractivity contribution in [1.29, 1.82) is 0 Å². The fraction of sp³-hybridized carbons (Fsp3) is 0.467. The van der Waals surface area contributed by atoms with E-state index in [-0.39, 0.29) is 19.8 Å². The summed E-state index contributed by atoms with van der Waals surface area (Å²) < 4.78 is 18.2. The first-order valence-corrected chi connectivity index (χ1v) is 7.15. The molecule has 0 spiro atoms. The molecule has 0 aliphatic carbocycles. The molecule has 1 aromatic rings. The Morgan fingerprint density at radius 1 is 1.26 bits per heavy atom. The molecule has 0 radical (unpaired) electrons. The Kier molecular flexibility index (Phi) is 6.05. The largest absolute Gasteiger partial charge is 0.394 e. The van der Waals surface area contributed by atoms with Gasteiger partial charge >= 0.3 is 5.69 Å². The Morgan fingerprint density at radius 2 is 1.91 bits per heavy atom. The zero-order valence-corrected chi connectivity index (χ0v) is 12.6. The zero-order valence-electron chi connectivity index (χ0n) is 12.6. The van der Waals surface area contributed by atoms with Crippen LogP contribution < -0.4 is 11.2 Å². The van der Waals surface area contributed by atoms with Crippen molar-refractivity contribution in [3.05, 3.63) is 58.4 Å². The van der Waals surface area contributed by atoms with Crippen LogP contribution in [-0.4, -0.2) is 52.8 Å². The van der Waals surface area contributed by atoms with Crippen LogP contribution in [0.25, 0.3) is 0 Å². The van der Waals surface area contributed by atoms with E-state index in [1.165, 1.54) is 16.8 Å². The molecule has 2 heterocycles. The second-order valence-electron chi connectivity index (χ2n) is 4.94. The Labute approximate surface area is 132 Å². The summed E-state index contributed by atoms with van der Waals surface area (Å²) >= 11 is 0. The monoisotopic (exact) mass is 324 g/mol. The van der Waals surface area contributed by atoms with Crippen molar-refractivity contribution in [2.75, 3.05) is 19.8 Å². The Morgan fingerprint density at radius 3 is 2.48 bits per heavy atom. The second-order valence-corrected chi connectivity index (χ2v) is 4.94. The van der Waals surface area contributed by atoms with Crippen molar-refractivity contribution in [3.63, 3.8) is 0 Å². The van der Waals surface area contributed by atoms with Crippen molar-refractivity contribution in [3.8, 4) is 0 Å². The maximum atomic E-state index is 12.0. The minimum Gasteiger partial charge on any atom is -0.394 e. The topological polar surface area (TPSA) is 103 Å². The molecular weight excluding hydrogens is 304 g/mol. The van der Waals surface area contributed by atoms with Gasteiger partial charge in [-0.25, -0.2) is 4.79 Å². The van der Waals surface area contributed by atoms with E-state index >= 15 is 0 Å². The first-order valence-electron chi connectivity index (χ1n) is 7.15. The summed E-state index contributed by atoms with van der Waals surface area (Å²) in [6, 6.07) is 1.21. The highest BCUT2D eigenvalue weighted by Gasteiger charge is 2.47. The van der Waals surface area contributed by atoms with Gasteiger partial charge in [0.1, 0.15) is 18.3 Å². The number of aliphatic hydroxyl groups excluding tert-OH is 1. The van der Waals surface area contributed by atoms with Gasteiger partial charge in [-0.1, -0.05) is 12.2 Å². The molecule has 126 valence electrons. The second kappa shape index (κ2) is 8.02. The smallest absolute Gasteiger partial charge is 0.330 e. The van der Waals surface area contributed by atoms with Crippen LogP contribution in [0.15, 0.2) is 47.2 Å². The fourth-order valence-electron chi connectivity index (χ4n) is 2.44. The third kappa shape index (κ3) is 3.85. The molecule has 1 aromatic heterocycles. The number of H-pyrrole nitrogens is 1. The number of aromatic nitrogens is 2. The highest BCUT2D eigenvalue weighted by atomic mass is 16.6. The summed E-state index contributed by atoms with van der Waals surface area (Å²) in [5, 5.41) is 9.51. The van der Waals surface area contributed by atoms with Gasteiger partial charge in [-0.05, 0) is 0 Å². The maximum Gasteiger partial charge on any atom is 0.330 e. The van der Waals surface area contributed by atoms with E-state index in [1.807, 2.05) is 0 Å². The van der Waals surface area contributed by atoms with E-state index in [9.17, 15) is 14.7 Å². The molecule has 0 amide bonds. The van der Waals surface area contributed by atoms with Crippen LogP contribution >= 0.6 is 0 Å². The fourth-order valence-corrected chi connectivity index (χ4v) is 2.44. The molecule has 2 N–H and O–H groups in total. The van der Waals surface area contributed by atoms with Crippen molar-refractivity contribution in [2.24, 2.45) is 0 Å². The predicted molar refractivity (Wildman–Crippen MR) is 82.2 cm³/mol. The highest BCUT2D eigenvalue weighted by Crippen LogP contribution is 2.32. The van der Waals surface area contributed by atoms with Crippen LogP contribution in [0.4, 0.5) is 0 Å². The summed E-state index contributed by atoms with van der Waals surface area (Å²) in [4.78, 5) is 25.4. The van der Waals surface area contributed by atoms with Crippen molar-refractivity contribution < 1.29 is 19.3 Å². The number of nitrogens with one attached hydrogen (secondary N) is 1. The van der Waals surface area contributed by atoms with Gasteiger partial charge in [-0.2, -0.15) is 0 Å². The average molecular weight is 324 g/mol. The van der Waals surface area contributed by atoms with E-state index in [1.54, 1.807) is 12.2 Å². The number of ether oxygens (including phenoxy) is 3. The van der Waals surface area contributed by atoms with Gasteiger partial charge in [-0.3, -0.25) is 14.3 Å². The molecule has 8 heteroatoms. The molecule has 0 aromatic carbocycles. The van der Waals surface area contributed by atoms with Crippen LogP contribution in [0.5, 0.6) is 0 Å². The molecule has 0 unspecified atom stereocenters. The molecule has 4 atom stereocenters. The van der Waals surface area contributed by atoms with Crippen LogP contribution in [0.3, 0.4) is 0 Å². The lowest BCUT2D eigenvalue weighted by atomic mass is 10.1. The molecule has 1 fully saturated rings. The van der Waals surface area contributed by atoms with Gasteiger partial charge in [0.15, 0.2) is 6.23 Å². The number of hydrogen-bond donors (Lipinski definition) is 2. The maximum absolute atomic E-state index is 12.0. The minimum atomic E-state index is -0.841. The van der Waals surface area contributed by atoms with Gasteiger partial charge in [0.05, 0.1) is 19.8 Å². The SMILES string of the molecule is C=CCO[C@@H]1[C@H](OCC=C)[C@@H](CO)O[C@H]1n1ccc(=O)[nH]c1=O. The van der Waals surface area contributed by atoms with E-state index in [2.05, 4.69) is 18.1 Å². The summed E-state index contributed by atoms with van der Waals surface area (Å²) in [7, 11) is 0. The van der Waals surface area contributed by atoms with Crippen LogP contribution in [0.2, 0.25) is 0 Å². The van der Waals surface area contributed by atoms with Crippen LogP contribution in [0.1, 0.15) is 6.23 Å². The first-order chi connectivity index (χ1) is 11.1. The number of aliphatic hydroxyl groups is 1. The molecule has 0 bridgehead atoms. The van der Waals surface area contributed by atoms with Crippen LogP contribution in [0, 0.1) is 0 Å². The molecule has 1 aliphatic heterocycles. The number of rotatable bonds is 8. The molecular formula is C15H20N2O6. The van der Waals surface area contributed by atoms with E-state index in [0.717, 1.165) is 0 Å². The van der Waals surface area contributed by atoms with Gasteiger partial charge in [0.25, 0.3) is 5.56 Å². The van der Waals surface area contributed by atoms with Crippen LogP contribution in [-0.2, 0) is 14.2 Å². The third-order valence-electron chi connectivity index (χ3n) is 3.40. The first kappa shape index (κ1) is 17.4. The quantitative estimate of drug-likeness (QED) is 0.629. The summed E-state index contributed by atoms with van der Waals surface area (Å²) in [5.41, 5.74) is -1.14. The average Bonchev–Trinajstić information content (AvgIpc) is 2.88. The zero-order chi connectivity index (χ0) is 16.8. The molecule has 8 nitrogen and oxygen atoms in total. The lowest BCUT2D eigenvalue weighted by Gasteiger charge is -2.24. The number of nitrogens with zero attached hydrogens (tertiary/aromatic N) is 1. The molecule has 1 aliphatic rings. The lowest BCUT2D eigenvalue weighted by Crippen LogP contribution is -2.40. The molecule has 2 rings (SSSR count). The van der Waals surface area contributed by atoms with E-state index in [0.29, 0.717) is 0 Å². The molecule has 1 saturated heterocycles. The van der Waals surface area contributed by atoms with Crippen molar-refractivity contribution in [2.45, 2.75) is 24.5 Å². The number of hydrogen-bond acceptors (Lipinski definition) is 6. The van der Waals surface area contributed by atoms with Gasteiger partial charge in [0.2, 0.25) is 0 Å². The van der Waals surface area contributed by atoms with Crippen molar-refractivity contribution in [1.82, 2.24) is 9.55 Å². The summed E-state index contributed by atoms with van der Waals surface area (Å²) in [6.07, 6.45) is 1.68. The van der Waals surface area contributed by atoms with Crippen molar-refractivity contribution >= 4 is 0 Å². The third-order valence-corrected chi connectivity index (χ3v) is 3.40. The van der Waals surface area contributed by atoms with E-state index < -0.39 is 35.8 Å². The van der Waals surface area contributed by atoms with Gasteiger partial charge < -0.3 is 19.3 Å². The molecule has 23 heavy (non-hydrogen) atoms. The number of aromatic amines is 1. The summed E-state index contributed by atoms with van der Waals surface area (Å²) in [6.45, 7) is 7.32. The van der Waals surface area contributed by atoms with Gasteiger partial charge in [0, 0.05) is 12.3 Å². The Balaban J connectivity index is 2.34. The minimum absolute atomic E-state index is 0.217. The summed E-state index contributed by atoms with van der Waals surface area (Å²) in [5.74, 6) is 0. The lowest BCUT2D eigenvalue weighted by molar-refractivity contribution is -0.0703. The highest BCUT2D eigenvalue weighted by molar-refractivity contribution is 4.95. The Hall–Kier alpha value is -2.00. The normalized spacial score (nSPS) is 27.0.